The van der Waals surface area contributed by atoms with E-state index in [0.29, 0.717) is 18.5 Å². The maximum Gasteiger partial charge on any atom is 0.315 e. The molecule has 1 aromatic rings. The second-order valence-corrected chi connectivity index (χ2v) is 3.61. The summed E-state index contributed by atoms with van der Waals surface area (Å²) in [6.45, 7) is 4.56. The third-order valence-electron chi connectivity index (χ3n) is 2.23. The molecule has 2 N–H and O–H groups in total. The van der Waals surface area contributed by atoms with Gasteiger partial charge in [0.2, 0.25) is 5.89 Å². The summed E-state index contributed by atoms with van der Waals surface area (Å²) >= 11 is 0. The molecule has 5 heteroatoms. The molecule has 0 amide bonds. The molecular weight excluding hydrogens is 180 g/mol. The first-order valence-electron chi connectivity index (χ1n) is 5.15. The normalized spacial score (nSPS) is 15.8. The van der Waals surface area contributed by atoms with Crippen LogP contribution in [-0.4, -0.2) is 23.3 Å². The highest BCUT2D eigenvalue weighted by Gasteiger charge is 2.21. The Bertz CT molecular complexity index is 282. The van der Waals surface area contributed by atoms with Crippen LogP contribution in [0.3, 0.4) is 0 Å². The molecule has 0 atom stereocenters. The van der Waals surface area contributed by atoms with Crippen molar-refractivity contribution >= 4 is 6.01 Å². The zero-order chi connectivity index (χ0) is 9.80. The topological polar surface area (TPSA) is 63.0 Å². The van der Waals surface area contributed by atoms with Crippen LogP contribution < -0.4 is 10.6 Å². The number of anilines is 1. The SMILES string of the molecule is CCNCc1nnc(NCC2CC2)o1. The number of nitrogens with one attached hydrogen (secondary N) is 2. The van der Waals surface area contributed by atoms with Gasteiger partial charge in [0.25, 0.3) is 0 Å². The molecule has 1 aliphatic rings. The minimum atomic E-state index is 0.546. The predicted molar refractivity (Wildman–Crippen MR) is 52.9 cm³/mol. The average Bonchev–Trinajstić information content (AvgIpc) is 2.92. The molecule has 14 heavy (non-hydrogen) atoms. The first-order chi connectivity index (χ1) is 6.88. The van der Waals surface area contributed by atoms with Crippen LogP contribution in [0.2, 0.25) is 0 Å². The molecule has 0 unspecified atom stereocenters. The van der Waals surface area contributed by atoms with Gasteiger partial charge in [0.1, 0.15) is 0 Å². The largest absolute Gasteiger partial charge is 0.407 e. The third-order valence-corrected chi connectivity index (χ3v) is 2.23. The number of hydrogen-bond acceptors (Lipinski definition) is 5. The second kappa shape index (κ2) is 4.41. The number of nitrogens with zero attached hydrogens (tertiary/aromatic N) is 2. The summed E-state index contributed by atoms with van der Waals surface area (Å²) in [5.74, 6) is 1.46. The number of aromatic nitrogens is 2. The van der Waals surface area contributed by atoms with E-state index >= 15 is 0 Å². The van der Waals surface area contributed by atoms with Crippen LogP contribution >= 0.6 is 0 Å². The summed E-state index contributed by atoms with van der Waals surface area (Å²) < 4.78 is 5.37. The summed E-state index contributed by atoms with van der Waals surface area (Å²) in [7, 11) is 0. The van der Waals surface area contributed by atoms with Gasteiger partial charge in [-0.1, -0.05) is 12.0 Å². The standard InChI is InChI=1S/C9H16N4O/c1-2-10-6-8-12-13-9(14-8)11-5-7-3-4-7/h7,10H,2-6H2,1H3,(H,11,13). The molecule has 0 aliphatic heterocycles. The van der Waals surface area contributed by atoms with Crippen molar-refractivity contribution in [2.45, 2.75) is 26.3 Å². The van der Waals surface area contributed by atoms with E-state index in [1.165, 1.54) is 12.8 Å². The zero-order valence-electron chi connectivity index (χ0n) is 8.42. The maximum absolute atomic E-state index is 5.37. The van der Waals surface area contributed by atoms with Crippen molar-refractivity contribution in [2.24, 2.45) is 5.92 Å². The van der Waals surface area contributed by atoms with E-state index in [1.54, 1.807) is 0 Å². The summed E-state index contributed by atoms with van der Waals surface area (Å²) in [6.07, 6.45) is 2.65. The molecule has 5 nitrogen and oxygen atoms in total. The lowest BCUT2D eigenvalue weighted by molar-refractivity contribution is 0.480. The fourth-order valence-electron chi connectivity index (χ4n) is 1.18. The molecule has 78 valence electrons. The van der Waals surface area contributed by atoms with Crippen molar-refractivity contribution in [1.29, 1.82) is 0 Å². The van der Waals surface area contributed by atoms with Crippen molar-refractivity contribution in [3.8, 4) is 0 Å². The van der Waals surface area contributed by atoms with Crippen molar-refractivity contribution in [2.75, 3.05) is 18.4 Å². The van der Waals surface area contributed by atoms with Crippen LogP contribution in [-0.2, 0) is 6.54 Å². The van der Waals surface area contributed by atoms with E-state index in [4.69, 9.17) is 4.42 Å². The highest BCUT2D eigenvalue weighted by Crippen LogP contribution is 2.28. The molecular formula is C9H16N4O. The fraction of sp³-hybridized carbons (Fsp3) is 0.778. The van der Waals surface area contributed by atoms with Crippen molar-refractivity contribution in [3.63, 3.8) is 0 Å². The molecule has 1 heterocycles. The van der Waals surface area contributed by atoms with Gasteiger partial charge in [-0.25, -0.2) is 0 Å². The van der Waals surface area contributed by atoms with Gasteiger partial charge in [0.05, 0.1) is 6.54 Å². The van der Waals surface area contributed by atoms with E-state index in [2.05, 4.69) is 20.8 Å². The Morgan fingerprint density at radius 3 is 3.00 bits per heavy atom. The van der Waals surface area contributed by atoms with Crippen LogP contribution in [0.15, 0.2) is 4.42 Å². The highest BCUT2D eigenvalue weighted by molar-refractivity contribution is 5.17. The Morgan fingerprint density at radius 2 is 2.29 bits per heavy atom. The molecule has 0 bridgehead atoms. The minimum Gasteiger partial charge on any atom is -0.407 e. The Kier molecular flexibility index (Phi) is 2.98. The van der Waals surface area contributed by atoms with Gasteiger partial charge >= 0.3 is 6.01 Å². The Labute approximate surface area is 83.3 Å². The lowest BCUT2D eigenvalue weighted by Gasteiger charge is -1.97. The lowest BCUT2D eigenvalue weighted by Crippen LogP contribution is -2.11. The lowest BCUT2D eigenvalue weighted by atomic mass is 10.4. The van der Waals surface area contributed by atoms with Gasteiger partial charge in [-0.15, -0.1) is 5.10 Å². The van der Waals surface area contributed by atoms with Crippen molar-refractivity contribution in [3.05, 3.63) is 5.89 Å². The van der Waals surface area contributed by atoms with E-state index in [9.17, 15) is 0 Å². The third kappa shape index (κ3) is 2.70. The molecule has 1 aliphatic carbocycles. The molecule has 0 aromatic carbocycles. The summed E-state index contributed by atoms with van der Waals surface area (Å²) in [5, 5.41) is 14.1. The quantitative estimate of drug-likeness (QED) is 0.710. The summed E-state index contributed by atoms with van der Waals surface area (Å²) in [6, 6.07) is 0.546. The summed E-state index contributed by atoms with van der Waals surface area (Å²) in [5.41, 5.74) is 0. The van der Waals surface area contributed by atoms with Gasteiger partial charge < -0.3 is 15.1 Å². The van der Waals surface area contributed by atoms with Gasteiger partial charge in [0, 0.05) is 6.54 Å². The predicted octanol–water partition coefficient (Wildman–Crippen LogP) is 1.00. The molecule has 0 saturated heterocycles. The van der Waals surface area contributed by atoms with E-state index in [-0.39, 0.29) is 0 Å². The van der Waals surface area contributed by atoms with Crippen LogP contribution in [0.1, 0.15) is 25.7 Å². The maximum atomic E-state index is 5.37. The fourth-order valence-corrected chi connectivity index (χ4v) is 1.18. The van der Waals surface area contributed by atoms with Gasteiger partial charge in [-0.3, -0.25) is 0 Å². The second-order valence-electron chi connectivity index (χ2n) is 3.61. The van der Waals surface area contributed by atoms with Crippen LogP contribution in [0.5, 0.6) is 0 Å². The van der Waals surface area contributed by atoms with Gasteiger partial charge in [-0.2, -0.15) is 0 Å². The molecule has 1 aromatic heterocycles. The van der Waals surface area contributed by atoms with E-state index < -0.39 is 0 Å². The molecule has 0 radical (unpaired) electrons. The van der Waals surface area contributed by atoms with Crippen LogP contribution in [0, 0.1) is 5.92 Å². The first-order valence-corrected chi connectivity index (χ1v) is 5.15. The first kappa shape index (κ1) is 9.45. The number of hydrogen-bond donors (Lipinski definition) is 2. The van der Waals surface area contributed by atoms with Gasteiger partial charge in [0.15, 0.2) is 0 Å². The van der Waals surface area contributed by atoms with Crippen LogP contribution in [0.25, 0.3) is 0 Å². The van der Waals surface area contributed by atoms with Gasteiger partial charge in [-0.05, 0) is 25.3 Å². The summed E-state index contributed by atoms with van der Waals surface area (Å²) in [4.78, 5) is 0. The average molecular weight is 196 g/mol. The zero-order valence-corrected chi connectivity index (χ0v) is 8.42. The molecule has 1 saturated carbocycles. The molecule has 0 spiro atoms. The van der Waals surface area contributed by atoms with Crippen molar-refractivity contribution < 1.29 is 4.42 Å². The van der Waals surface area contributed by atoms with Crippen LogP contribution in [0.4, 0.5) is 6.01 Å². The minimum absolute atomic E-state index is 0.546. The van der Waals surface area contributed by atoms with E-state index in [1.807, 2.05) is 6.92 Å². The Balaban J connectivity index is 1.76. The number of rotatable bonds is 6. The monoisotopic (exact) mass is 196 g/mol. The smallest absolute Gasteiger partial charge is 0.315 e. The van der Waals surface area contributed by atoms with Crippen molar-refractivity contribution in [1.82, 2.24) is 15.5 Å². The Hall–Kier alpha value is -1.10. The highest BCUT2D eigenvalue weighted by atomic mass is 16.4. The van der Waals surface area contributed by atoms with E-state index in [0.717, 1.165) is 19.0 Å². The Morgan fingerprint density at radius 1 is 1.43 bits per heavy atom. The molecule has 2 rings (SSSR count). The molecule has 1 fully saturated rings.